The number of hydrogen-bond acceptors (Lipinski definition) is 4. The van der Waals surface area contributed by atoms with Crippen LogP contribution in [0.25, 0.3) is 0 Å². The molecular weight excluding hydrogens is 324 g/mol. The average Bonchev–Trinajstić information content (AvgIpc) is 3.04. The summed E-state index contributed by atoms with van der Waals surface area (Å²) in [6.45, 7) is 2.39. The SMILES string of the molecule is Cc1c(S(=O)(=O)N2CCc3sccc3C2)cc(C(=O)O)n1C. The summed E-state index contributed by atoms with van der Waals surface area (Å²) in [7, 11) is -2.13. The van der Waals surface area contributed by atoms with Crippen LogP contribution in [0.5, 0.6) is 0 Å². The molecule has 1 N–H and O–H groups in total. The van der Waals surface area contributed by atoms with Crippen molar-refractivity contribution >= 4 is 27.3 Å². The van der Waals surface area contributed by atoms with Crippen molar-refractivity contribution in [3.05, 3.63) is 39.3 Å². The molecule has 0 radical (unpaired) electrons. The van der Waals surface area contributed by atoms with Crippen LogP contribution in [0, 0.1) is 6.92 Å². The molecule has 0 aromatic carbocycles. The second-order valence-corrected chi connectivity index (χ2v) is 8.21. The molecule has 3 heterocycles. The van der Waals surface area contributed by atoms with Gasteiger partial charge >= 0.3 is 5.97 Å². The first kappa shape index (κ1) is 15.3. The largest absolute Gasteiger partial charge is 0.477 e. The van der Waals surface area contributed by atoms with Crippen molar-refractivity contribution < 1.29 is 18.3 Å². The van der Waals surface area contributed by atoms with E-state index in [1.54, 1.807) is 25.3 Å². The van der Waals surface area contributed by atoms with E-state index in [9.17, 15) is 13.2 Å². The topological polar surface area (TPSA) is 79.6 Å². The summed E-state index contributed by atoms with van der Waals surface area (Å²) in [5.41, 5.74) is 1.45. The molecule has 0 bridgehead atoms. The second-order valence-electron chi connectivity index (χ2n) is 5.30. The Balaban J connectivity index is 2.01. The minimum absolute atomic E-state index is 0.0238. The van der Waals surface area contributed by atoms with Crippen LogP contribution < -0.4 is 0 Å². The number of nitrogens with zero attached hydrogens (tertiary/aromatic N) is 2. The van der Waals surface area contributed by atoms with Gasteiger partial charge < -0.3 is 9.67 Å². The zero-order valence-electron chi connectivity index (χ0n) is 12.2. The number of fused-ring (bicyclic) bond motifs is 1. The maximum Gasteiger partial charge on any atom is 0.352 e. The number of hydrogen-bond donors (Lipinski definition) is 1. The first-order valence-electron chi connectivity index (χ1n) is 6.77. The molecule has 8 heteroatoms. The van der Waals surface area contributed by atoms with Crippen LogP contribution in [0.15, 0.2) is 22.4 Å². The number of sulfonamides is 1. The molecule has 0 saturated carbocycles. The van der Waals surface area contributed by atoms with Crippen LogP contribution >= 0.6 is 11.3 Å². The van der Waals surface area contributed by atoms with Crippen LogP contribution in [0.2, 0.25) is 0 Å². The summed E-state index contributed by atoms with van der Waals surface area (Å²) < 4.78 is 28.5. The fraction of sp³-hybridized carbons (Fsp3) is 0.357. The summed E-state index contributed by atoms with van der Waals surface area (Å²) in [6.07, 6.45) is 0.698. The molecule has 0 amide bonds. The Morgan fingerprint density at radius 2 is 2.14 bits per heavy atom. The van der Waals surface area contributed by atoms with Crippen molar-refractivity contribution in [3.8, 4) is 0 Å². The standard InChI is InChI=1S/C14H16N2O4S2/c1-9-13(7-11(14(17)18)15(9)2)22(19,20)16-5-3-12-10(8-16)4-6-21-12/h4,6-7H,3,5,8H2,1-2H3,(H,17,18). The van der Waals surface area contributed by atoms with Gasteiger partial charge in [-0.2, -0.15) is 4.31 Å². The average molecular weight is 340 g/mol. The van der Waals surface area contributed by atoms with Gasteiger partial charge in [-0.05, 0) is 36.4 Å². The van der Waals surface area contributed by atoms with E-state index in [2.05, 4.69) is 0 Å². The van der Waals surface area contributed by atoms with Crippen molar-refractivity contribution in [1.29, 1.82) is 0 Å². The van der Waals surface area contributed by atoms with Crippen LogP contribution in [0.3, 0.4) is 0 Å². The highest BCUT2D eigenvalue weighted by Gasteiger charge is 2.32. The molecule has 6 nitrogen and oxygen atoms in total. The van der Waals surface area contributed by atoms with Gasteiger partial charge in [0.25, 0.3) is 0 Å². The number of aromatic carboxylic acids is 1. The quantitative estimate of drug-likeness (QED) is 0.924. The highest BCUT2D eigenvalue weighted by molar-refractivity contribution is 7.89. The van der Waals surface area contributed by atoms with Crippen molar-refractivity contribution in [2.75, 3.05) is 6.54 Å². The number of carbonyl (C=O) groups is 1. The Kier molecular flexibility index (Phi) is 3.62. The molecule has 118 valence electrons. The van der Waals surface area contributed by atoms with E-state index >= 15 is 0 Å². The Morgan fingerprint density at radius 3 is 2.77 bits per heavy atom. The summed E-state index contributed by atoms with van der Waals surface area (Å²) in [5.74, 6) is -1.13. The number of rotatable bonds is 3. The van der Waals surface area contributed by atoms with Gasteiger partial charge in [-0.25, -0.2) is 13.2 Å². The van der Waals surface area contributed by atoms with Crippen molar-refractivity contribution in [1.82, 2.24) is 8.87 Å². The molecule has 0 aliphatic carbocycles. The van der Waals surface area contributed by atoms with Crippen LogP contribution in [-0.2, 0) is 30.0 Å². The van der Waals surface area contributed by atoms with E-state index in [4.69, 9.17) is 5.11 Å². The smallest absolute Gasteiger partial charge is 0.352 e. The minimum atomic E-state index is -3.69. The molecule has 2 aromatic heterocycles. The van der Waals surface area contributed by atoms with E-state index in [-0.39, 0.29) is 10.6 Å². The van der Waals surface area contributed by atoms with Gasteiger partial charge in [-0.3, -0.25) is 0 Å². The van der Waals surface area contributed by atoms with E-state index in [1.165, 1.54) is 19.8 Å². The molecule has 0 fully saturated rings. The van der Waals surface area contributed by atoms with E-state index in [1.807, 2.05) is 11.4 Å². The first-order valence-corrected chi connectivity index (χ1v) is 9.09. The third-order valence-corrected chi connectivity index (χ3v) is 7.08. The van der Waals surface area contributed by atoms with Gasteiger partial charge in [-0.1, -0.05) is 0 Å². The summed E-state index contributed by atoms with van der Waals surface area (Å²) in [6, 6.07) is 3.19. The lowest BCUT2D eigenvalue weighted by Gasteiger charge is -2.26. The zero-order valence-corrected chi connectivity index (χ0v) is 13.9. The zero-order chi connectivity index (χ0) is 16.1. The molecule has 3 rings (SSSR count). The molecule has 1 aliphatic rings. The molecule has 0 spiro atoms. The van der Waals surface area contributed by atoms with Gasteiger partial charge in [0.2, 0.25) is 10.0 Å². The highest BCUT2D eigenvalue weighted by atomic mass is 32.2. The molecule has 0 saturated heterocycles. The summed E-state index contributed by atoms with van der Waals surface area (Å²) in [5, 5.41) is 11.1. The first-order chi connectivity index (χ1) is 10.3. The predicted octanol–water partition coefficient (Wildman–Crippen LogP) is 1.84. The lowest BCUT2D eigenvalue weighted by molar-refractivity contribution is 0.0686. The lowest BCUT2D eigenvalue weighted by atomic mass is 10.1. The van der Waals surface area contributed by atoms with Crippen LogP contribution in [-0.4, -0.2) is 34.9 Å². The Hall–Kier alpha value is -1.64. The van der Waals surface area contributed by atoms with Crippen LogP contribution in [0.4, 0.5) is 0 Å². The van der Waals surface area contributed by atoms with E-state index in [0.29, 0.717) is 25.2 Å². The fourth-order valence-corrected chi connectivity index (χ4v) is 5.28. The fourth-order valence-electron chi connectivity index (χ4n) is 2.70. The minimum Gasteiger partial charge on any atom is -0.477 e. The molecule has 0 atom stereocenters. The lowest BCUT2D eigenvalue weighted by Crippen LogP contribution is -2.35. The summed E-state index contributed by atoms with van der Waals surface area (Å²) in [4.78, 5) is 12.5. The van der Waals surface area contributed by atoms with Crippen molar-refractivity contribution in [2.45, 2.75) is 24.8 Å². The van der Waals surface area contributed by atoms with E-state index in [0.717, 1.165) is 5.56 Å². The third kappa shape index (κ3) is 2.27. The maximum absolute atomic E-state index is 12.9. The van der Waals surface area contributed by atoms with Gasteiger partial charge in [0.15, 0.2) is 0 Å². The number of thiophene rings is 1. The normalized spacial score (nSPS) is 15.7. The van der Waals surface area contributed by atoms with Gasteiger partial charge in [0.1, 0.15) is 10.6 Å². The van der Waals surface area contributed by atoms with Gasteiger partial charge in [0.05, 0.1) is 0 Å². The molecule has 0 unspecified atom stereocenters. The molecule has 1 aliphatic heterocycles. The van der Waals surface area contributed by atoms with Crippen molar-refractivity contribution in [3.63, 3.8) is 0 Å². The number of carboxylic acid groups (broad SMARTS) is 1. The Labute approximate surface area is 132 Å². The molecule has 2 aromatic rings. The maximum atomic E-state index is 12.9. The third-order valence-electron chi connectivity index (χ3n) is 4.10. The summed E-state index contributed by atoms with van der Waals surface area (Å²) >= 11 is 1.64. The second kappa shape index (κ2) is 5.22. The Morgan fingerprint density at radius 1 is 1.41 bits per heavy atom. The van der Waals surface area contributed by atoms with E-state index < -0.39 is 16.0 Å². The predicted molar refractivity (Wildman–Crippen MR) is 82.7 cm³/mol. The Bertz CT molecular complexity index is 848. The number of carboxylic acids is 1. The van der Waals surface area contributed by atoms with Gasteiger partial charge in [-0.15, -0.1) is 11.3 Å². The number of aromatic nitrogens is 1. The highest BCUT2D eigenvalue weighted by Crippen LogP contribution is 2.30. The van der Waals surface area contributed by atoms with Crippen molar-refractivity contribution in [2.24, 2.45) is 7.05 Å². The molecular formula is C14H16N2O4S2. The van der Waals surface area contributed by atoms with Crippen LogP contribution in [0.1, 0.15) is 26.6 Å². The monoisotopic (exact) mass is 340 g/mol. The molecule has 22 heavy (non-hydrogen) atoms. The van der Waals surface area contributed by atoms with Gasteiger partial charge in [0, 0.05) is 30.7 Å².